The Balaban J connectivity index is 2.64. The van der Waals surface area contributed by atoms with Gasteiger partial charge in [-0.1, -0.05) is 38.0 Å². The first-order valence-electron chi connectivity index (χ1n) is 9.32. The van der Waals surface area contributed by atoms with Gasteiger partial charge in [0.05, 0.1) is 5.56 Å². The summed E-state index contributed by atoms with van der Waals surface area (Å²) in [6, 6.07) is 8.32. The average molecular weight is 354 g/mol. The minimum Gasteiger partial charge on any atom is -0.378 e. The first-order valence-corrected chi connectivity index (χ1v) is 9.32. The molecule has 0 fully saturated rings. The summed E-state index contributed by atoms with van der Waals surface area (Å²) in [5.74, 6) is -0.367. The van der Waals surface area contributed by atoms with Crippen molar-refractivity contribution >= 4 is 11.6 Å². The molecule has 0 spiro atoms. The molecule has 0 aliphatic heterocycles. The minimum atomic E-state index is -0.367. The summed E-state index contributed by atoms with van der Waals surface area (Å²) in [5, 5.41) is 0. The lowest BCUT2D eigenvalue weighted by atomic mass is 9.97. The number of carbonyl (C=O) groups excluding carboxylic acids is 1. The molecule has 0 bridgehead atoms. The Morgan fingerprint density at radius 1 is 1.23 bits per heavy atom. The lowest BCUT2D eigenvalue weighted by Gasteiger charge is -2.14. The van der Waals surface area contributed by atoms with Crippen LogP contribution < -0.4 is 10.6 Å². The molecule has 1 aromatic carbocycles. The third kappa shape index (κ3) is 4.01. The SMILES string of the molecule is C=CCn1c(C)c(C(N)=O)c(-c2ccc(N(C)C)cc2)c1CCCCC. The second kappa shape index (κ2) is 8.75. The number of unbranched alkanes of at least 4 members (excludes halogenated alkanes) is 2. The smallest absolute Gasteiger partial charge is 0.251 e. The van der Waals surface area contributed by atoms with Crippen LogP contribution in [-0.4, -0.2) is 24.6 Å². The van der Waals surface area contributed by atoms with Gasteiger partial charge < -0.3 is 15.2 Å². The van der Waals surface area contributed by atoms with Crippen molar-refractivity contribution in [1.29, 1.82) is 0 Å². The second-order valence-corrected chi connectivity index (χ2v) is 6.94. The Labute approximate surface area is 157 Å². The minimum absolute atomic E-state index is 0.367. The van der Waals surface area contributed by atoms with Gasteiger partial charge in [0.25, 0.3) is 5.91 Å². The lowest BCUT2D eigenvalue weighted by Crippen LogP contribution is -2.13. The Kier molecular flexibility index (Phi) is 6.67. The molecular weight excluding hydrogens is 322 g/mol. The standard InChI is InChI=1S/C22H31N3O/c1-6-8-9-10-19-21(17-11-13-18(14-12-17)24(4)5)20(22(23)26)16(3)25(19)15-7-2/h7,11-14H,2,6,8-10,15H2,1,3-5H3,(H2,23,26). The van der Waals surface area contributed by atoms with Gasteiger partial charge in [-0.15, -0.1) is 6.58 Å². The number of amides is 1. The zero-order valence-electron chi connectivity index (χ0n) is 16.5. The van der Waals surface area contributed by atoms with Crippen LogP contribution >= 0.6 is 0 Å². The topological polar surface area (TPSA) is 51.3 Å². The summed E-state index contributed by atoms with van der Waals surface area (Å²) in [6.07, 6.45) is 6.23. The summed E-state index contributed by atoms with van der Waals surface area (Å²) in [4.78, 5) is 14.3. The van der Waals surface area contributed by atoms with Gasteiger partial charge in [0, 0.05) is 43.3 Å². The van der Waals surface area contributed by atoms with Gasteiger partial charge in [-0.25, -0.2) is 0 Å². The van der Waals surface area contributed by atoms with E-state index in [1.54, 1.807) is 0 Å². The molecule has 1 heterocycles. The van der Waals surface area contributed by atoms with Crippen molar-refractivity contribution in [2.24, 2.45) is 5.73 Å². The van der Waals surface area contributed by atoms with E-state index in [0.717, 1.165) is 41.8 Å². The van der Waals surface area contributed by atoms with E-state index in [2.05, 4.69) is 47.2 Å². The van der Waals surface area contributed by atoms with Crippen LogP contribution in [0.2, 0.25) is 0 Å². The van der Waals surface area contributed by atoms with Crippen LogP contribution in [0.3, 0.4) is 0 Å². The molecule has 2 aromatic rings. The zero-order chi connectivity index (χ0) is 19.3. The normalized spacial score (nSPS) is 10.8. The maximum absolute atomic E-state index is 12.3. The molecule has 2 N–H and O–H groups in total. The highest BCUT2D eigenvalue weighted by atomic mass is 16.1. The molecule has 4 heteroatoms. The third-order valence-corrected chi connectivity index (χ3v) is 4.88. The Morgan fingerprint density at radius 2 is 1.88 bits per heavy atom. The van der Waals surface area contributed by atoms with E-state index in [9.17, 15) is 4.79 Å². The first kappa shape index (κ1) is 19.8. The van der Waals surface area contributed by atoms with Crippen molar-refractivity contribution in [2.45, 2.75) is 46.1 Å². The van der Waals surface area contributed by atoms with E-state index in [0.29, 0.717) is 12.1 Å². The van der Waals surface area contributed by atoms with Crippen LogP contribution in [0, 0.1) is 6.92 Å². The van der Waals surface area contributed by atoms with E-state index in [1.807, 2.05) is 27.1 Å². The maximum Gasteiger partial charge on any atom is 0.251 e. The van der Waals surface area contributed by atoms with Gasteiger partial charge in [0.1, 0.15) is 0 Å². The predicted molar refractivity (Wildman–Crippen MR) is 111 cm³/mol. The molecule has 4 nitrogen and oxygen atoms in total. The predicted octanol–water partition coefficient (Wildman–Crippen LogP) is 4.55. The monoisotopic (exact) mass is 353 g/mol. The number of carbonyl (C=O) groups is 1. The molecule has 1 amide bonds. The van der Waals surface area contributed by atoms with E-state index < -0.39 is 0 Å². The number of allylic oxidation sites excluding steroid dienone is 1. The molecule has 0 aliphatic carbocycles. The van der Waals surface area contributed by atoms with Gasteiger partial charge >= 0.3 is 0 Å². The molecule has 0 aliphatic rings. The van der Waals surface area contributed by atoms with Gasteiger partial charge in [-0.3, -0.25) is 4.79 Å². The fraction of sp³-hybridized carbons (Fsp3) is 0.409. The highest BCUT2D eigenvalue weighted by Crippen LogP contribution is 2.34. The fourth-order valence-electron chi connectivity index (χ4n) is 3.51. The number of benzene rings is 1. The Morgan fingerprint density at radius 3 is 2.38 bits per heavy atom. The highest BCUT2D eigenvalue weighted by Gasteiger charge is 2.24. The first-order chi connectivity index (χ1) is 12.4. The molecular formula is C22H31N3O. The largest absolute Gasteiger partial charge is 0.378 e. The summed E-state index contributed by atoms with van der Waals surface area (Å²) in [7, 11) is 4.04. The maximum atomic E-state index is 12.3. The van der Waals surface area contributed by atoms with Crippen molar-refractivity contribution in [2.75, 3.05) is 19.0 Å². The van der Waals surface area contributed by atoms with E-state index >= 15 is 0 Å². The summed E-state index contributed by atoms with van der Waals surface area (Å²) in [6.45, 7) is 8.74. The quantitative estimate of drug-likeness (QED) is 0.531. The van der Waals surface area contributed by atoms with Gasteiger partial charge in [0.15, 0.2) is 0 Å². The third-order valence-electron chi connectivity index (χ3n) is 4.88. The Hall–Kier alpha value is -2.49. The molecule has 0 saturated heterocycles. The van der Waals surface area contributed by atoms with Crippen molar-refractivity contribution < 1.29 is 4.79 Å². The molecule has 0 saturated carbocycles. The number of hydrogen-bond acceptors (Lipinski definition) is 2. The van der Waals surface area contributed by atoms with Crippen molar-refractivity contribution in [3.8, 4) is 11.1 Å². The van der Waals surface area contributed by atoms with Gasteiger partial charge in [-0.2, -0.15) is 0 Å². The van der Waals surface area contributed by atoms with Crippen LogP contribution in [-0.2, 0) is 13.0 Å². The van der Waals surface area contributed by atoms with Crippen LogP contribution in [0.4, 0.5) is 5.69 Å². The number of nitrogens with two attached hydrogens (primary N) is 1. The summed E-state index contributed by atoms with van der Waals surface area (Å²) in [5.41, 5.74) is 11.7. The number of aromatic nitrogens is 1. The fourth-order valence-corrected chi connectivity index (χ4v) is 3.51. The molecule has 0 radical (unpaired) electrons. The highest BCUT2D eigenvalue weighted by molar-refractivity contribution is 6.02. The van der Waals surface area contributed by atoms with Crippen LogP contribution in [0.25, 0.3) is 11.1 Å². The molecule has 0 unspecified atom stereocenters. The molecule has 0 atom stereocenters. The molecule has 140 valence electrons. The van der Waals surface area contributed by atoms with Gasteiger partial charge in [-0.05, 0) is 37.5 Å². The number of nitrogens with zero attached hydrogens (tertiary/aromatic N) is 2. The van der Waals surface area contributed by atoms with Crippen LogP contribution in [0.15, 0.2) is 36.9 Å². The van der Waals surface area contributed by atoms with Crippen molar-refractivity contribution in [1.82, 2.24) is 4.57 Å². The lowest BCUT2D eigenvalue weighted by molar-refractivity contribution is 0.1000. The van der Waals surface area contributed by atoms with Gasteiger partial charge in [0.2, 0.25) is 0 Å². The van der Waals surface area contributed by atoms with Crippen LogP contribution in [0.1, 0.15) is 47.9 Å². The molecule has 2 rings (SSSR count). The van der Waals surface area contributed by atoms with E-state index in [1.165, 1.54) is 12.1 Å². The van der Waals surface area contributed by atoms with Crippen molar-refractivity contribution in [3.05, 3.63) is 53.9 Å². The number of primary amides is 1. The zero-order valence-corrected chi connectivity index (χ0v) is 16.5. The number of hydrogen-bond donors (Lipinski definition) is 1. The van der Waals surface area contributed by atoms with Crippen LogP contribution in [0.5, 0.6) is 0 Å². The van der Waals surface area contributed by atoms with E-state index in [4.69, 9.17) is 5.73 Å². The summed E-state index contributed by atoms with van der Waals surface area (Å²) >= 11 is 0. The number of rotatable bonds is 9. The van der Waals surface area contributed by atoms with Crippen molar-refractivity contribution in [3.63, 3.8) is 0 Å². The molecule has 26 heavy (non-hydrogen) atoms. The Bertz CT molecular complexity index is 770. The molecule has 1 aromatic heterocycles. The second-order valence-electron chi connectivity index (χ2n) is 6.94. The van der Waals surface area contributed by atoms with E-state index in [-0.39, 0.29) is 5.91 Å². The number of anilines is 1. The summed E-state index contributed by atoms with van der Waals surface area (Å²) < 4.78 is 2.19. The average Bonchev–Trinajstić information content (AvgIpc) is 2.88.